The number of primary amides is 1. The molecular weight excluding hydrogens is 154 g/mol. The van der Waals surface area contributed by atoms with E-state index in [4.69, 9.17) is 5.73 Å². The second kappa shape index (κ2) is 3.76. The fourth-order valence-corrected chi connectivity index (χ4v) is 1.70. The number of likely N-dealkylation sites (tertiary alicyclic amines) is 1. The summed E-state index contributed by atoms with van der Waals surface area (Å²) in [6, 6.07) is -0.281. The van der Waals surface area contributed by atoms with E-state index >= 15 is 0 Å². The molecule has 4 nitrogen and oxygen atoms in total. The van der Waals surface area contributed by atoms with E-state index in [9.17, 15) is 4.79 Å². The molecule has 0 aliphatic carbocycles. The summed E-state index contributed by atoms with van der Waals surface area (Å²) < 4.78 is 0. The molecule has 1 rings (SSSR count). The van der Waals surface area contributed by atoms with Crippen LogP contribution in [-0.2, 0) is 0 Å². The third kappa shape index (κ3) is 2.37. The van der Waals surface area contributed by atoms with Gasteiger partial charge in [-0.3, -0.25) is 0 Å². The van der Waals surface area contributed by atoms with Crippen LogP contribution in [0.5, 0.6) is 0 Å². The minimum atomic E-state index is -0.281. The highest BCUT2D eigenvalue weighted by Crippen LogP contribution is 2.15. The van der Waals surface area contributed by atoms with E-state index in [1.807, 2.05) is 14.1 Å². The van der Waals surface area contributed by atoms with Crippen LogP contribution in [0.1, 0.15) is 6.42 Å². The molecule has 0 radical (unpaired) electrons. The van der Waals surface area contributed by atoms with Gasteiger partial charge in [-0.15, -0.1) is 0 Å². The van der Waals surface area contributed by atoms with Crippen molar-refractivity contribution in [1.82, 2.24) is 9.80 Å². The number of carbonyl (C=O) groups excluding carboxylic acids is 1. The maximum atomic E-state index is 10.8. The Bertz CT molecular complexity index is 170. The SMILES string of the molecule is CN(C)CC1CCN(C(N)=O)C1. The zero-order chi connectivity index (χ0) is 9.14. The van der Waals surface area contributed by atoms with Gasteiger partial charge in [0.15, 0.2) is 0 Å². The van der Waals surface area contributed by atoms with Crippen LogP contribution in [0.3, 0.4) is 0 Å². The van der Waals surface area contributed by atoms with Crippen LogP contribution in [0.25, 0.3) is 0 Å². The zero-order valence-corrected chi connectivity index (χ0v) is 7.79. The summed E-state index contributed by atoms with van der Waals surface area (Å²) in [5, 5.41) is 0. The van der Waals surface area contributed by atoms with Crippen LogP contribution in [0, 0.1) is 5.92 Å². The van der Waals surface area contributed by atoms with E-state index in [-0.39, 0.29) is 6.03 Å². The molecule has 0 saturated carbocycles. The van der Waals surface area contributed by atoms with Crippen molar-refractivity contribution in [1.29, 1.82) is 0 Å². The van der Waals surface area contributed by atoms with E-state index < -0.39 is 0 Å². The van der Waals surface area contributed by atoms with Crippen LogP contribution in [0.4, 0.5) is 4.79 Å². The molecule has 0 spiro atoms. The first kappa shape index (κ1) is 9.32. The predicted octanol–water partition coefficient (Wildman–Crippen LogP) is -0.0514. The number of nitrogens with zero attached hydrogens (tertiary/aromatic N) is 2. The van der Waals surface area contributed by atoms with E-state index in [0.717, 1.165) is 26.1 Å². The van der Waals surface area contributed by atoms with Gasteiger partial charge in [0.25, 0.3) is 0 Å². The van der Waals surface area contributed by atoms with Gasteiger partial charge >= 0.3 is 6.03 Å². The number of rotatable bonds is 2. The Hall–Kier alpha value is -0.770. The molecule has 0 bridgehead atoms. The van der Waals surface area contributed by atoms with Gasteiger partial charge in [-0.05, 0) is 26.4 Å². The Kier molecular flexibility index (Phi) is 2.92. The number of nitrogens with two attached hydrogens (primary N) is 1. The maximum absolute atomic E-state index is 10.8. The monoisotopic (exact) mass is 171 g/mol. The molecule has 1 saturated heterocycles. The highest BCUT2D eigenvalue weighted by atomic mass is 16.2. The van der Waals surface area contributed by atoms with Gasteiger partial charge in [0.2, 0.25) is 0 Å². The van der Waals surface area contributed by atoms with E-state index in [1.165, 1.54) is 0 Å². The molecular formula is C8H17N3O. The Morgan fingerprint density at radius 2 is 2.33 bits per heavy atom. The molecule has 2 N–H and O–H groups in total. The molecule has 0 aromatic carbocycles. The quantitative estimate of drug-likeness (QED) is 0.633. The minimum absolute atomic E-state index is 0.281. The van der Waals surface area contributed by atoms with Gasteiger partial charge < -0.3 is 15.5 Å². The highest BCUT2D eigenvalue weighted by Gasteiger charge is 2.24. The van der Waals surface area contributed by atoms with E-state index in [1.54, 1.807) is 4.90 Å². The molecule has 0 aromatic rings. The molecule has 1 aliphatic rings. The van der Waals surface area contributed by atoms with Gasteiger partial charge in [0.1, 0.15) is 0 Å². The molecule has 4 heteroatoms. The standard InChI is InChI=1S/C8H17N3O/c1-10(2)5-7-3-4-11(6-7)8(9)12/h7H,3-6H2,1-2H3,(H2,9,12). The van der Waals surface area contributed by atoms with Gasteiger partial charge in [-0.1, -0.05) is 0 Å². The molecule has 2 amide bonds. The van der Waals surface area contributed by atoms with Crippen LogP contribution in [0.2, 0.25) is 0 Å². The number of hydrogen-bond acceptors (Lipinski definition) is 2. The average Bonchev–Trinajstić information content (AvgIpc) is 2.34. The summed E-state index contributed by atoms with van der Waals surface area (Å²) in [7, 11) is 4.10. The summed E-state index contributed by atoms with van der Waals surface area (Å²) in [6.07, 6.45) is 1.08. The molecule has 0 aromatic heterocycles. The van der Waals surface area contributed by atoms with Crippen molar-refractivity contribution in [3.63, 3.8) is 0 Å². The fourth-order valence-electron chi connectivity index (χ4n) is 1.70. The highest BCUT2D eigenvalue weighted by molar-refractivity contribution is 5.72. The number of hydrogen-bond donors (Lipinski definition) is 1. The average molecular weight is 171 g/mol. The van der Waals surface area contributed by atoms with Gasteiger partial charge in [-0.2, -0.15) is 0 Å². The van der Waals surface area contributed by atoms with Crippen LogP contribution < -0.4 is 5.73 Å². The smallest absolute Gasteiger partial charge is 0.314 e. The summed E-state index contributed by atoms with van der Waals surface area (Å²) in [4.78, 5) is 14.6. The Balaban J connectivity index is 2.30. The minimum Gasteiger partial charge on any atom is -0.351 e. The lowest BCUT2D eigenvalue weighted by atomic mass is 10.1. The largest absolute Gasteiger partial charge is 0.351 e. The van der Waals surface area contributed by atoms with Gasteiger partial charge in [0, 0.05) is 19.6 Å². The lowest BCUT2D eigenvalue weighted by Gasteiger charge is -2.16. The topological polar surface area (TPSA) is 49.6 Å². The zero-order valence-electron chi connectivity index (χ0n) is 7.79. The van der Waals surface area contributed by atoms with E-state index in [2.05, 4.69) is 4.90 Å². The Morgan fingerprint density at radius 1 is 1.67 bits per heavy atom. The van der Waals surface area contributed by atoms with Crippen LogP contribution >= 0.6 is 0 Å². The molecule has 12 heavy (non-hydrogen) atoms. The lowest BCUT2D eigenvalue weighted by molar-refractivity contribution is 0.215. The molecule has 1 heterocycles. The second-order valence-electron chi connectivity index (χ2n) is 3.70. The summed E-state index contributed by atoms with van der Waals surface area (Å²) in [5.41, 5.74) is 5.16. The van der Waals surface area contributed by atoms with Crippen molar-refractivity contribution in [2.75, 3.05) is 33.7 Å². The molecule has 70 valence electrons. The maximum Gasteiger partial charge on any atom is 0.314 e. The van der Waals surface area contributed by atoms with Crippen molar-refractivity contribution < 1.29 is 4.79 Å². The second-order valence-corrected chi connectivity index (χ2v) is 3.70. The first-order valence-corrected chi connectivity index (χ1v) is 4.28. The van der Waals surface area contributed by atoms with E-state index in [0.29, 0.717) is 5.92 Å². The van der Waals surface area contributed by atoms with Gasteiger partial charge in [-0.25, -0.2) is 4.79 Å². The molecule has 1 atom stereocenters. The van der Waals surface area contributed by atoms with Crippen molar-refractivity contribution in [2.24, 2.45) is 11.7 Å². The third-order valence-corrected chi connectivity index (χ3v) is 2.22. The normalized spacial score (nSPS) is 23.6. The van der Waals surface area contributed by atoms with Crippen LogP contribution in [-0.4, -0.2) is 49.6 Å². The summed E-state index contributed by atoms with van der Waals surface area (Å²) >= 11 is 0. The first-order chi connectivity index (χ1) is 5.59. The number of amides is 2. The van der Waals surface area contributed by atoms with Crippen molar-refractivity contribution in [3.05, 3.63) is 0 Å². The first-order valence-electron chi connectivity index (χ1n) is 4.28. The Morgan fingerprint density at radius 3 is 2.75 bits per heavy atom. The molecule has 1 unspecified atom stereocenters. The summed E-state index contributed by atoms with van der Waals surface area (Å²) in [6.45, 7) is 2.70. The third-order valence-electron chi connectivity index (χ3n) is 2.22. The van der Waals surface area contributed by atoms with Gasteiger partial charge in [0.05, 0.1) is 0 Å². The Labute approximate surface area is 73.3 Å². The fraction of sp³-hybridized carbons (Fsp3) is 0.875. The predicted molar refractivity (Wildman–Crippen MR) is 47.8 cm³/mol. The van der Waals surface area contributed by atoms with Crippen molar-refractivity contribution in [3.8, 4) is 0 Å². The van der Waals surface area contributed by atoms with Crippen molar-refractivity contribution in [2.45, 2.75) is 6.42 Å². The van der Waals surface area contributed by atoms with Crippen LogP contribution in [0.15, 0.2) is 0 Å². The molecule has 1 aliphatic heterocycles. The molecule has 1 fully saturated rings. The number of carbonyl (C=O) groups is 1. The summed E-state index contributed by atoms with van der Waals surface area (Å²) in [5.74, 6) is 0.604. The number of urea groups is 1. The lowest BCUT2D eigenvalue weighted by Crippen LogP contribution is -2.34. The van der Waals surface area contributed by atoms with Crippen molar-refractivity contribution >= 4 is 6.03 Å².